The van der Waals surface area contributed by atoms with Crippen LogP contribution in [0, 0.1) is 23.2 Å². The number of carbonyl (C=O) groups is 1. The molecule has 0 radical (unpaired) electrons. The number of carbonyl (C=O) groups excluding carboxylic acids is 1. The van der Waals surface area contributed by atoms with E-state index in [1.807, 2.05) is 0 Å². The summed E-state index contributed by atoms with van der Waals surface area (Å²) < 4.78 is 79.5. The lowest BCUT2D eigenvalue weighted by Crippen LogP contribution is -2.24. The molecule has 0 spiro atoms. The van der Waals surface area contributed by atoms with Gasteiger partial charge in [-0.3, -0.25) is 4.79 Å². The van der Waals surface area contributed by atoms with Gasteiger partial charge in [-0.1, -0.05) is 6.92 Å². The van der Waals surface area contributed by atoms with Crippen molar-refractivity contribution >= 4 is 5.78 Å². The van der Waals surface area contributed by atoms with Crippen molar-refractivity contribution in [3.05, 3.63) is 11.8 Å². The molecule has 23 heavy (non-hydrogen) atoms. The number of hydrogen-bond donors (Lipinski definition) is 0. The van der Waals surface area contributed by atoms with Crippen LogP contribution in [0.4, 0.5) is 26.3 Å². The van der Waals surface area contributed by atoms with Gasteiger partial charge in [0.1, 0.15) is 5.76 Å². The molecule has 0 amide bonds. The van der Waals surface area contributed by atoms with Gasteiger partial charge in [0, 0.05) is 24.3 Å². The summed E-state index contributed by atoms with van der Waals surface area (Å²) in [5.74, 6) is -4.23. The summed E-state index contributed by atoms with van der Waals surface area (Å²) in [6, 6.07) is 1.75. The van der Waals surface area contributed by atoms with Crippen molar-refractivity contribution in [2.45, 2.75) is 45.0 Å². The Kier molecular flexibility index (Phi) is 8.14. The molecular formula is C14H17F6NO2. The molecule has 0 rings (SSSR count). The van der Waals surface area contributed by atoms with E-state index in [-0.39, 0.29) is 12.8 Å². The maximum Gasteiger partial charge on any atom is 0.389 e. The SMILES string of the molecule is CCC(CC#N)C(=O)/C=C(\OC)C(CC(F)(F)F)CC(F)(F)F. The second-order valence-corrected chi connectivity index (χ2v) is 4.96. The molecule has 0 saturated heterocycles. The van der Waals surface area contributed by atoms with E-state index in [0.717, 1.165) is 7.11 Å². The standard InChI is InChI=1S/C14H17F6NO2/c1-3-9(4-5-21)11(22)6-12(23-2)10(7-13(15,16)17)8-14(18,19)20/h6,9-10H,3-4,7-8H2,1-2H3/b12-6-. The topological polar surface area (TPSA) is 50.1 Å². The molecule has 0 aromatic heterocycles. The Hall–Kier alpha value is -1.72. The van der Waals surface area contributed by atoms with Crippen LogP contribution < -0.4 is 0 Å². The number of hydrogen-bond acceptors (Lipinski definition) is 3. The molecule has 3 nitrogen and oxygen atoms in total. The van der Waals surface area contributed by atoms with Crippen molar-refractivity contribution < 1.29 is 35.9 Å². The van der Waals surface area contributed by atoms with Crippen molar-refractivity contribution in [1.29, 1.82) is 5.26 Å². The summed E-state index contributed by atoms with van der Waals surface area (Å²) in [7, 11) is 0.907. The Labute approximate surface area is 129 Å². The van der Waals surface area contributed by atoms with Crippen LogP contribution in [0.2, 0.25) is 0 Å². The summed E-state index contributed by atoms with van der Waals surface area (Å²) in [4.78, 5) is 11.9. The minimum absolute atomic E-state index is 0.175. The van der Waals surface area contributed by atoms with E-state index in [2.05, 4.69) is 4.74 Å². The fourth-order valence-corrected chi connectivity index (χ4v) is 1.99. The molecule has 132 valence electrons. The summed E-state index contributed by atoms with van der Waals surface area (Å²) in [6.45, 7) is 1.59. The lowest BCUT2D eigenvalue weighted by molar-refractivity contribution is -0.172. The van der Waals surface area contributed by atoms with Gasteiger partial charge >= 0.3 is 12.4 Å². The lowest BCUT2D eigenvalue weighted by Gasteiger charge is -2.22. The van der Waals surface area contributed by atoms with Gasteiger partial charge < -0.3 is 4.74 Å². The monoisotopic (exact) mass is 345 g/mol. The number of methoxy groups -OCH3 is 1. The van der Waals surface area contributed by atoms with Crippen LogP contribution in [-0.2, 0) is 9.53 Å². The average molecular weight is 345 g/mol. The smallest absolute Gasteiger partial charge is 0.389 e. The third-order valence-electron chi connectivity index (χ3n) is 3.11. The normalized spacial score (nSPS) is 14.5. The van der Waals surface area contributed by atoms with Crippen LogP contribution in [0.1, 0.15) is 32.6 Å². The first kappa shape index (κ1) is 21.3. The molecule has 0 N–H and O–H groups in total. The van der Waals surface area contributed by atoms with E-state index >= 15 is 0 Å². The second-order valence-electron chi connectivity index (χ2n) is 4.96. The molecule has 0 aromatic carbocycles. The van der Waals surface area contributed by atoms with Crippen LogP contribution in [0.3, 0.4) is 0 Å². The van der Waals surface area contributed by atoms with Gasteiger partial charge in [-0.05, 0) is 6.42 Å². The maximum absolute atomic E-state index is 12.5. The fraction of sp³-hybridized carbons (Fsp3) is 0.714. The van der Waals surface area contributed by atoms with Crippen LogP contribution in [0.25, 0.3) is 0 Å². The number of allylic oxidation sites excluding steroid dienone is 2. The molecule has 0 bridgehead atoms. The molecule has 0 aliphatic carbocycles. The minimum atomic E-state index is -4.84. The Balaban J connectivity index is 5.46. The molecule has 0 aliphatic heterocycles. The van der Waals surface area contributed by atoms with E-state index in [4.69, 9.17) is 5.26 Å². The van der Waals surface area contributed by atoms with E-state index in [0.29, 0.717) is 6.08 Å². The van der Waals surface area contributed by atoms with Crippen molar-refractivity contribution in [2.24, 2.45) is 11.8 Å². The van der Waals surface area contributed by atoms with E-state index in [1.54, 1.807) is 13.0 Å². The Bertz CT molecular complexity index is 445. The highest BCUT2D eigenvalue weighted by atomic mass is 19.4. The molecule has 0 aromatic rings. The van der Waals surface area contributed by atoms with Gasteiger partial charge in [0.25, 0.3) is 0 Å². The maximum atomic E-state index is 12.5. The molecule has 1 atom stereocenters. The average Bonchev–Trinajstić information content (AvgIpc) is 2.37. The predicted molar refractivity (Wildman–Crippen MR) is 68.9 cm³/mol. The number of ketones is 1. The quantitative estimate of drug-likeness (QED) is 0.368. The van der Waals surface area contributed by atoms with Crippen molar-refractivity contribution in [3.8, 4) is 6.07 Å². The fourth-order valence-electron chi connectivity index (χ4n) is 1.99. The third kappa shape index (κ3) is 9.11. The Morgan fingerprint density at radius 3 is 1.91 bits per heavy atom. The highest BCUT2D eigenvalue weighted by molar-refractivity contribution is 5.92. The van der Waals surface area contributed by atoms with Gasteiger partial charge in [0.2, 0.25) is 0 Å². The van der Waals surface area contributed by atoms with Gasteiger partial charge in [-0.15, -0.1) is 0 Å². The Morgan fingerprint density at radius 2 is 1.61 bits per heavy atom. The zero-order valence-corrected chi connectivity index (χ0v) is 12.6. The van der Waals surface area contributed by atoms with E-state index < -0.39 is 48.6 Å². The minimum Gasteiger partial charge on any atom is -0.501 e. The van der Waals surface area contributed by atoms with E-state index in [1.165, 1.54) is 0 Å². The largest absolute Gasteiger partial charge is 0.501 e. The molecule has 0 fully saturated rings. The molecule has 0 aliphatic rings. The lowest BCUT2D eigenvalue weighted by atomic mass is 9.93. The van der Waals surface area contributed by atoms with Crippen molar-refractivity contribution in [1.82, 2.24) is 0 Å². The summed E-state index contributed by atoms with van der Waals surface area (Å²) in [5.41, 5.74) is 0. The van der Waals surface area contributed by atoms with Gasteiger partial charge in [-0.2, -0.15) is 31.6 Å². The molecule has 9 heteroatoms. The predicted octanol–water partition coefficient (Wildman–Crippen LogP) is 4.55. The first-order valence-electron chi connectivity index (χ1n) is 6.73. The molecular weight excluding hydrogens is 328 g/mol. The van der Waals surface area contributed by atoms with Crippen LogP contribution in [-0.4, -0.2) is 25.2 Å². The van der Waals surface area contributed by atoms with Gasteiger partial charge in [-0.25, -0.2) is 0 Å². The van der Waals surface area contributed by atoms with Crippen LogP contribution >= 0.6 is 0 Å². The van der Waals surface area contributed by atoms with Gasteiger partial charge in [0.15, 0.2) is 5.78 Å². The zero-order chi connectivity index (χ0) is 18.3. The number of nitriles is 1. The van der Waals surface area contributed by atoms with Crippen LogP contribution in [0.5, 0.6) is 0 Å². The third-order valence-corrected chi connectivity index (χ3v) is 3.11. The summed E-state index contributed by atoms with van der Waals surface area (Å²) >= 11 is 0. The number of halogens is 6. The molecule has 0 heterocycles. The molecule has 1 unspecified atom stereocenters. The van der Waals surface area contributed by atoms with Crippen molar-refractivity contribution in [3.63, 3.8) is 0 Å². The first-order chi connectivity index (χ1) is 10.4. The second kappa shape index (κ2) is 8.79. The van der Waals surface area contributed by atoms with Crippen molar-refractivity contribution in [2.75, 3.05) is 7.11 Å². The summed E-state index contributed by atoms with van der Waals surface area (Å²) in [5, 5.41) is 8.57. The highest BCUT2D eigenvalue weighted by Gasteiger charge is 2.41. The number of alkyl halides is 6. The number of rotatable bonds is 8. The highest BCUT2D eigenvalue weighted by Crippen LogP contribution is 2.37. The number of ether oxygens (including phenoxy) is 1. The first-order valence-corrected chi connectivity index (χ1v) is 6.73. The van der Waals surface area contributed by atoms with Crippen LogP contribution in [0.15, 0.2) is 11.8 Å². The molecule has 0 saturated carbocycles. The zero-order valence-electron chi connectivity index (χ0n) is 12.6. The van der Waals surface area contributed by atoms with Gasteiger partial charge in [0.05, 0.1) is 26.0 Å². The van der Waals surface area contributed by atoms with E-state index in [9.17, 15) is 31.1 Å². The summed E-state index contributed by atoms with van der Waals surface area (Å²) in [6.07, 6.45) is -12.5. The number of nitrogens with zero attached hydrogens (tertiary/aromatic N) is 1. The Morgan fingerprint density at radius 1 is 1.13 bits per heavy atom.